The van der Waals surface area contributed by atoms with Gasteiger partial charge in [-0.25, -0.2) is 14.4 Å². The number of aromatic hydroxyl groups is 4. The Kier molecular flexibility index (Phi) is 22.2. The first-order chi connectivity index (χ1) is 26.5. The number of aliphatic imine (C=N–C) groups is 2. The van der Waals surface area contributed by atoms with Gasteiger partial charge in [0, 0.05) is 19.5 Å². The molecule has 2 aromatic carbocycles. The lowest BCUT2D eigenvalue weighted by atomic mass is 10.0. The number of aliphatic carboxylic acids is 2. The van der Waals surface area contributed by atoms with Gasteiger partial charge in [0.25, 0.3) is 0 Å². The first-order valence-corrected chi connectivity index (χ1v) is 17.4. The van der Waals surface area contributed by atoms with Gasteiger partial charge < -0.3 is 80.0 Å². The van der Waals surface area contributed by atoms with Crippen molar-refractivity contribution in [3.05, 3.63) is 47.5 Å². The number of halogens is 1. The number of carboxylic acids is 2. The number of amides is 3. The number of rotatable bonds is 19. The molecule has 2 rings (SSSR count). The molecule has 0 aliphatic rings. The van der Waals surface area contributed by atoms with E-state index in [0.29, 0.717) is 24.0 Å². The van der Waals surface area contributed by atoms with Gasteiger partial charge in [-0.3, -0.25) is 19.6 Å². The van der Waals surface area contributed by atoms with Crippen molar-refractivity contribution in [2.24, 2.45) is 38.7 Å². The van der Waals surface area contributed by atoms with Gasteiger partial charge in [0.15, 0.2) is 34.9 Å². The molecule has 324 valence electrons. The fourth-order valence-electron chi connectivity index (χ4n) is 4.71. The smallest absolute Gasteiger partial charge is 0.408 e. The Morgan fingerprint density at radius 1 is 0.655 bits per heavy atom. The number of carbonyl (C=O) groups excluding carboxylic acids is 3. The molecule has 0 saturated heterocycles. The van der Waals surface area contributed by atoms with Gasteiger partial charge in [-0.05, 0) is 88.3 Å². The number of alkyl carbamates (subject to hydrolysis) is 1. The minimum Gasteiger partial charge on any atom is -0.504 e. The van der Waals surface area contributed by atoms with E-state index in [2.05, 4.69) is 25.9 Å². The Morgan fingerprint density at radius 2 is 1.07 bits per heavy atom. The summed E-state index contributed by atoms with van der Waals surface area (Å²) < 4.78 is 5.18. The standard InChI is InChI=1S/C20H31N5O7.C15H23N5O5.ClH/c1-20(2,3)32-19(31)25-13(9-11-6-7-14(26)15(27)10-11)16(28)24-12(17(29)30)5-4-8-23-18(21)22;16-9(6-8-3-4-11(21)12(22)7-8)13(23)20-10(14(24)25)2-1-5-19-15(17)18;/h6-7,10,12-13,26-27H,4-5,8-9H2,1-3H3,(H,24,28)(H,25,31)(H,29,30)(H4,21,22,23);3-4,7,9-10,21-22H,1-2,5-6,16H2,(H,20,23)(H,24,25)(H4,17,18,19);1H/t12-,13-;9-,10-;/m00./s1. The monoisotopic (exact) mass is 842 g/mol. The van der Waals surface area contributed by atoms with Crippen LogP contribution in [0.15, 0.2) is 46.4 Å². The second kappa shape index (κ2) is 25.0. The fraction of sp³-hybridized carbons (Fsp3) is 0.457. The van der Waals surface area contributed by atoms with E-state index in [1.165, 1.54) is 36.4 Å². The van der Waals surface area contributed by atoms with Crippen molar-refractivity contribution >= 4 is 54.2 Å². The highest BCUT2D eigenvalue weighted by atomic mass is 35.5. The number of nitrogens with two attached hydrogens (primary N) is 5. The third kappa shape index (κ3) is 21.0. The van der Waals surface area contributed by atoms with Crippen LogP contribution in [0.1, 0.15) is 57.6 Å². The van der Waals surface area contributed by atoms with Crippen molar-refractivity contribution in [2.45, 2.75) is 89.1 Å². The molecule has 58 heavy (non-hydrogen) atoms. The van der Waals surface area contributed by atoms with Gasteiger partial charge >= 0.3 is 18.0 Å². The Bertz CT molecular complexity index is 1750. The third-order valence-electron chi connectivity index (χ3n) is 7.44. The van der Waals surface area contributed by atoms with Crippen molar-refractivity contribution in [2.75, 3.05) is 13.1 Å². The normalized spacial score (nSPS) is 12.6. The summed E-state index contributed by atoms with van der Waals surface area (Å²) >= 11 is 0. The molecule has 22 nitrogen and oxygen atoms in total. The van der Waals surface area contributed by atoms with Crippen molar-refractivity contribution in [3.8, 4) is 23.0 Å². The van der Waals surface area contributed by atoms with Crippen LogP contribution in [0.4, 0.5) is 4.79 Å². The molecule has 0 spiro atoms. The number of hydrogen-bond donors (Lipinski definition) is 14. The fourth-order valence-corrected chi connectivity index (χ4v) is 4.71. The molecular weight excluding hydrogens is 788 g/mol. The maximum absolute atomic E-state index is 12.8. The largest absolute Gasteiger partial charge is 0.504 e. The molecule has 0 radical (unpaired) electrons. The van der Waals surface area contributed by atoms with Crippen LogP contribution in [0.25, 0.3) is 0 Å². The molecule has 3 amide bonds. The van der Waals surface area contributed by atoms with Gasteiger partial charge in [-0.1, -0.05) is 12.1 Å². The van der Waals surface area contributed by atoms with E-state index in [4.69, 9.17) is 38.5 Å². The number of benzene rings is 2. The summed E-state index contributed by atoms with van der Waals surface area (Å²) in [5, 5.41) is 63.6. The second-order valence-electron chi connectivity index (χ2n) is 13.6. The van der Waals surface area contributed by atoms with E-state index < -0.39 is 65.4 Å². The molecule has 23 heteroatoms. The minimum atomic E-state index is -1.26. The van der Waals surface area contributed by atoms with Gasteiger partial charge in [-0.2, -0.15) is 0 Å². The topological polar surface area (TPSA) is 407 Å². The maximum atomic E-state index is 12.8. The zero-order valence-electron chi connectivity index (χ0n) is 32.3. The quantitative estimate of drug-likeness (QED) is 0.0355. The summed E-state index contributed by atoms with van der Waals surface area (Å²) in [5.74, 6) is -5.42. The number of hydrogen-bond acceptors (Lipinski definition) is 13. The zero-order valence-corrected chi connectivity index (χ0v) is 33.1. The summed E-state index contributed by atoms with van der Waals surface area (Å²) in [6.07, 6.45) is -0.0392. The Labute approximate surface area is 340 Å². The van der Waals surface area contributed by atoms with Gasteiger partial charge in [0.2, 0.25) is 11.8 Å². The van der Waals surface area contributed by atoms with Crippen LogP contribution in [0.2, 0.25) is 0 Å². The number of carboxylic acid groups (broad SMARTS) is 2. The van der Waals surface area contributed by atoms with Crippen LogP contribution in [0.3, 0.4) is 0 Å². The van der Waals surface area contributed by atoms with Crippen molar-refractivity contribution < 1.29 is 59.3 Å². The van der Waals surface area contributed by atoms with Crippen molar-refractivity contribution in [1.82, 2.24) is 16.0 Å². The number of nitrogens with one attached hydrogen (secondary N) is 3. The van der Waals surface area contributed by atoms with E-state index in [1.807, 2.05) is 0 Å². The highest BCUT2D eigenvalue weighted by molar-refractivity contribution is 5.89. The molecule has 19 N–H and O–H groups in total. The van der Waals surface area contributed by atoms with Gasteiger partial charge in [-0.15, -0.1) is 12.4 Å². The summed E-state index contributed by atoms with van der Waals surface area (Å²) in [6.45, 7) is 5.39. The molecular formula is C35H55ClN10O12. The highest BCUT2D eigenvalue weighted by Crippen LogP contribution is 2.26. The molecule has 0 aliphatic heterocycles. The maximum Gasteiger partial charge on any atom is 0.408 e. The summed E-state index contributed by atoms with van der Waals surface area (Å²) in [6, 6.07) is 3.41. The van der Waals surface area contributed by atoms with Crippen LogP contribution in [0.5, 0.6) is 23.0 Å². The predicted octanol–water partition coefficient (Wildman–Crippen LogP) is -0.831. The number of ether oxygens (including phenoxy) is 1. The van der Waals surface area contributed by atoms with Crippen LogP contribution >= 0.6 is 12.4 Å². The van der Waals surface area contributed by atoms with Crippen molar-refractivity contribution in [1.29, 1.82) is 0 Å². The SMILES string of the molecule is CC(C)(C)OC(=O)N[C@@H](Cc1ccc(O)c(O)c1)C(=O)N[C@@H](CCCN=C(N)N)C(=O)O.Cl.NC(N)=NCCC[C@H](NC(=O)[C@@H](N)Cc1ccc(O)c(O)c1)C(=O)O. The second-order valence-corrected chi connectivity index (χ2v) is 13.6. The summed E-state index contributed by atoms with van der Waals surface area (Å²) in [5.41, 5.74) is 26.7. The van der Waals surface area contributed by atoms with Crippen LogP contribution in [-0.2, 0) is 36.8 Å². The Hall–Kier alpha value is -6.42. The molecule has 0 bridgehead atoms. The van der Waals surface area contributed by atoms with Gasteiger partial charge in [0.1, 0.15) is 23.7 Å². The highest BCUT2D eigenvalue weighted by Gasteiger charge is 2.29. The van der Waals surface area contributed by atoms with E-state index in [0.717, 1.165) is 0 Å². The molecule has 2 aromatic rings. The van der Waals surface area contributed by atoms with Crippen LogP contribution < -0.4 is 44.6 Å². The van der Waals surface area contributed by atoms with Crippen LogP contribution in [0, 0.1) is 0 Å². The first-order valence-electron chi connectivity index (χ1n) is 17.4. The van der Waals surface area contributed by atoms with E-state index in [1.54, 1.807) is 20.8 Å². The molecule has 0 unspecified atom stereocenters. The number of phenols is 4. The molecule has 0 fully saturated rings. The zero-order chi connectivity index (χ0) is 43.5. The average Bonchev–Trinajstić information content (AvgIpc) is 3.09. The molecule has 0 aliphatic carbocycles. The minimum absolute atomic E-state index is 0. The van der Waals surface area contributed by atoms with Gasteiger partial charge in [0.05, 0.1) is 6.04 Å². The molecule has 0 saturated carbocycles. The lowest BCUT2D eigenvalue weighted by molar-refractivity contribution is -0.142. The van der Waals surface area contributed by atoms with E-state index in [-0.39, 0.29) is 80.3 Å². The van der Waals surface area contributed by atoms with E-state index in [9.17, 15) is 49.5 Å². The third-order valence-corrected chi connectivity index (χ3v) is 7.44. The van der Waals surface area contributed by atoms with Crippen LogP contribution in [-0.4, -0.2) is 115 Å². The molecule has 4 atom stereocenters. The summed E-state index contributed by atoms with van der Waals surface area (Å²) in [4.78, 5) is 67.4. The number of guanidine groups is 2. The lowest BCUT2D eigenvalue weighted by Gasteiger charge is -2.24. The number of nitrogens with zero attached hydrogens (tertiary/aromatic N) is 2. The Morgan fingerprint density at radius 3 is 1.45 bits per heavy atom. The Balaban J connectivity index is 0.00000113. The predicted molar refractivity (Wildman–Crippen MR) is 214 cm³/mol. The van der Waals surface area contributed by atoms with Crippen molar-refractivity contribution in [3.63, 3.8) is 0 Å². The first kappa shape index (κ1) is 51.6. The number of carbonyl (C=O) groups is 5. The molecule has 0 heterocycles. The summed E-state index contributed by atoms with van der Waals surface area (Å²) in [7, 11) is 0. The van der Waals surface area contributed by atoms with E-state index >= 15 is 0 Å². The number of phenolic OH excluding ortho intramolecular Hbond substituents is 4. The lowest BCUT2D eigenvalue weighted by Crippen LogP contribution is -2.53. The molecule has 0 aromatic heterocycles. The average molecular weight is 843 g/mol.